The number of hydrogen-bond donors (Lipinski definition) is 0. The fourth-order valence-corrected chi connectivity index (χ4v) is 3.44. The number of halogens is 3. The van der Waals surface area contributed by atoms with E-state index in [9.17, 15) is 0 Å². The third kappa shape index (κ3) is 1.67. The van der Waals surface area contributed by atoms with Gasteiger partial charge in [-0.2, -0.15) is 0 Å². The van der Waals surface area contributed by atoms with Crippen LogP contribution in [0.25, 0.3) is 21.7 Å². The zero-order valence-electron chi connectivity index (χ0n) is 11.1. The minimum absolute atomic E-state index is 0.439. The fraction of sp³-hybridized carbons (Fsp3) is 0.188. The molecule has 3 aromatic rings. The number of pyridine rings is 1. The van der Waals surface area contributed by atoms with Gasteiger partial charge in [-0.15, -0.1) is 0 Å². The van der Waals surface area contributed by atoms with Crippen molar-refractivity contribution in [3.63, 3.8) is 0 Å². The standard InChI is InChI=1S/C16H8Cl3NO2/c17-16(18,19)15-11-2-8-6-21-13(8)3-9(11)10-1-7-5-22-14(7)4-12(10)20-15/h1-4H,5-6H2. The van der Waals surface area contributed by atoms with Gasteiger partial charge in [0.2, 0.25) is 3.79 Å². The summed E-state index contributed by atoms with van der Waals surface area (Å²) in [5.74, 6) is 1.73. The first-order chi connectivity index (χ1) is 10.5. The molecule has 2 aliphatic heterocycles. The van der Waals surface area contributed by atoms with Gasteiger partial charge in [-0.3, -0.25) is 0 Å². The molecule has 0 fully saturated rings. The molecular formula is C16H8Cl3NO2. The molecule has 0 unspecified atom stereocenters. The predicted molar refractivity (Wildman–Crippen MR) is 87.2 cm³/mol. The molecule has 0 radical (unpaired) electrons. The van der Waals surface area contributed by atoms with Crippen molar-refractivity contribution in [3.05, 3.63) is 41.1 Å². The molecular weight excluding hydrogens is 345 g/mol. The number of aromatic nitrogens is 1. The Labute approximate surface area is 140 Å². The summed E-state index contributed by atoms with van der Waals surface area (Å²) in [4.78, 5) is 4.59. The Morgan fingerprint density at radius 3 is 2.05 bits per heavy atom. The minimum atomic E-state index is -1.59. The third-order valence-corrected chi connectivity index (χ3v) is 4.73. The van der Waals surface area contributed by atoms with Crippen molar-refractivity contribution in [1.29, 1.82) is 0 Å². The molecule has 0 spiro atoms. The maximum atomic E-state index is 6.14. The predicted octanol–water partition coefficient (Wildman–Crippen LogP) is 5.00. The lowest BCUT2D eigenvalue weighted by atomic mass is 9.97. The van der Waals surface area contributed by atoms with E-state index in [0.29, 0.717) is 18.9 Å². The molecule has 0 amide bonds. The van der Waals surface area contributed by atoms with Crippen molar-refractivity contribution < 1.29 is 9.47 Å². The molecule has 2 aromatic carbocycles. The fourth-order valence-electron chi connectivity index (χ4n) is 3.01. The van der Waals surface area contributed by atoms with E-state index in [1.165, 1.54) is 5.56 Å². The second kappa shape index (κ2) is 4.10. The van der Waals surface area contributed by atoms with Gasteiger partial charge in [-0.05, 0) is 23.6 Å². The highest BCUT2D eigenvalue weighted by Gasteiger charge is 2.30. The SMILES string of the molecule is ClC(Cl)(Cl)c1nc2cc3c(cc2c2cc4c(cc12)CO4)CO3. The van der Waals surface area contributed by atoms with Crippen LogP contribution < -0.4 is 9.47 Å². The Balaban J connectivity index is 1.98. The van der Waals surface area contributed by atoms with Crippen LogP contribution in [-0.2, 0) is 17.0 Å². The molecule has 0 aliphatic carbocycles. The van der Waals surface area contributed by atoms with Gasteiger partial charge < -0.3 is 9.47 Å². The number of alkyl halides is 3. The number of rotatable bonds is 0. The van der Waals surface area contributed by atoms with Crippen LogP contribution in [0.4, 0.5) is 0 Å². The first-order valence-corrected chi connectivity index (χ1v) is 7.90. The van der Waals surface area contributed by atoms with E-state index < -0.39 is 3.79 Å². The van der Waals surface area contributed by atoms with E-state index in [4.69, 9.17) is 44.3 Å². The quantitative estimate of drug-likeness (QED) is 0.421. The number of nitrogens with zero attached hydrogens (tertiary/aromatic N) is 1. The topological polar surface area (TPSA) is 31.4 Å². The normalized spacial score (nSPS) is 15.4. The van der Waals surface area contributed by atoms with E-state index in [2.05, 4.69) is 11.1 Å². The zero-order chi connectivity index (χ0) is 15.1. The van der Waals surface area contributed by atoms with Gasteiger partial charge in [0.1, 0.15) is 30.4 Å². The minimum Gasteiger partial charge on any atom is -0.488 e. The molecule has 6 heteroatoms. The summed E-state index contributed by atoms with van der Waals surface area (Å²) in [6.45, 7) is 1.21. The summed E-state index contributed by atoms with van der Waals surface area (Å²) in [6.07, 6.45) is 0. The maximum Gasteiger partial charge on any atom is 0.233 e. The molecule has 110 valence electrons. The van der Waals surface area contributed by atoms with Gasteiger partial charge in [0, 0.05) is 28.0 Å². The van der Waals surface area contributed by atoms with Crippen LogP contribution in [0.2, 0.25) is 0 Å². The van der Waals surface area contributed by atoms with E-state index in [1.807, 2.05) is 18.2 Å². The van der Waals surface area contributed by atoms with Crippen LogP contribution in [0, 0.1) is 0 Å². The maximum absolute atomic E-state index is 6.14. The Morgan fingerprint density at radius 2 is 1.45 bits per heavy atom. The Morgan fingerprint density at radius 1 is 0.818 bits per heavy atom. The second-order valence-electron chi connectivity index (χ2n) is 5.52. The molecule has 0 atom stereocenters. The lowest BCUT2D eigenvalue weighted by Crippen LogP contribution is -2.13. The highest BCUT2D eigenvalue weighted by Crippen LogP contribution is 2.46. The van der Waals surface area contributed by atoms with Crippen molar-refractivity contribution in [2.75, 3.05) is 0 Å². The van der Waals surface area contributed by atoms with Crippen molar-refractivity contribution in [3.8, 4) is 11.5 Å². The highest BCUT2D eigenvalue weighted by molar-refractivity contribution is 6.67. The summed E-state index contributed by atoms with van der Waals surface area (Å²) in [5, 5.41) is 2.86. The lowest BCUT2D eigenvalue weighted by Gasteiger charge is -2.25. The number of hydrogen-bond acceptors (Lipinski definition) is 3. The van der Waals surface area contributed by atoms with Crippen molar-refractivity contribution in [2.24, 2.45) is 0 Å². The van der Waals surface area contributed by atoms with Gasteiger partial charge in [-0.1, -0.05) is 34.8 Å². The number of benzene rings is 2. The highest BCUT2D eigenvalue weighted by atomic mass is 35.6. The van der Waals surface area contributed by atoms with Crippen molar-refractivity contribution >= 4 is 56.5 Å². The molecule has 1 aromatic heterocycles. The van der Waals surface area contributed by atoms with Gasteiger partial charge in [0.05, 0.1) is 5.52 Å². The van der Waals surface area contributed by atoms with Gasteiger partial charge in [-0.25, -0.2) is 4.98 Å². The Hall–Kier alpha value is -1.42. The largest absolute Gasteiger partial charge is 0.488 e. The van der Waals surface area contributed by atoms with Crippen molar-refractivity contribution in [2.45, 2.75) is 17.0 Å². The van der Waals surface area contributed by atoms with Crippen LogP contribution in [0.3, 0.4) is 0 Å². The lowest BCUT2D eigenvalue weighted by molar-refractivity contribution is 0.244. The summed E-state index contributed by atoms with van der Waals surface area (Å²) in [7, 11) is 0. The molecule has 22 heavy (non-hydrogen) atoms. The molecule has 0 N–H and O–H groups in total. The Bertz CT molecular complexity index is 979. The molecule has 5 rings (SSSR count). The van der Waals surface area contributed by atoms with Crippen LogP contribution >= 0.6 is 34.8 Å². The Kier molecular flexibility index (Phi) is 2.44. The third-order valence-electron chi connectivity index (χ3n) is 4.19. The van der Waals surface area contributed by atoms with Gasteiger partial charge in [0.25, 0.3) is 0 Å². The smallest absolute Gasteiger partial charge is 0.233 e. The number of fused-ring (bicyclic) bond motifs is 5. The van der Waals surface area contributed by atoms with Crippen LogP contribution in [0.1, 0.15) is 16.8 Å². The van der Waals surface area contributed by atoms with E-state index in [1.54, 1.807) is 0 Å². The molecule has 0 saturated carbocycles. The summed E-state index contributed by atoms with van der Waals surface area (Å²) in [6, 6.07) is 8.00. The zero-order valence-corrected chi connectivity index (χ0v) is 13.4. The second-order valence-corrected chi connectivity index (χ2v) is 7.80. The first-order valence-electron chi connectivity index (χ1n) is 6.77. The van der Waals surface area contributed by atoms with E-state index in [0.717, 1.165) is 38.7 Å². The van der Waals surface area contributed by atoms with E-state index >= 15 is 0 Å². The monoisotopic (exact) mass is 351 g/mol. The van der Waals surface area contributed by atoms with Gasteiger partial charge >= 0.3 is 0 Å². The summed E-state index contributed by atoms with van der Waals surface area (Å²) >= 11 is 18.4. The average molecular weight is 353 g/mol. The number of ether oxygens (including phenoxy) is 2. The van der Waals surface area contributed by atoms with Gasteiger partial charge in [0.15, 0.2) is 0 Å². The molecule has 3 heterocycles. The molecule has 3 nitrogen and oxygen atoms in total. The first kappa shape index (κ1) is 13.1. The van der Waals surface area contributed by atoms with Crippen LogP contribution in [0.5, 0.6) is 11.5 Å². The molecule has 0 saturated heterocycles. The molecule has 0 bridgehead atoms. The van der Waals surface area contributed by atoms with Crippen LogP contribution in [-0.4, -0.2) is 4.98 Å². The van der Waals surface area contributed by atoms with Crippen LogP contribution in [0.15, 0.2) is 24.3 Å². The summed E-state index contributed by atoms with van der Waals surface area (Å²) < 4.78 is 9.31. The molecule has 2 aliphatic rings. The summed E-state index contributed by atoms with van der Waals surface area (Å²) in [5.41, 5.74) is 3.47. The van der Waals surface area contributed by atoms with E-state index in [-0.39, 0.29) is 0 Å². The van der Waals surface area contributed by atoms with Crippen molar-refractivity contribution in [1.82, 2.24) is 4.98 Å². The average Bonchev–Trinajstić information content (AvgIpc) is 2.41.